The number of aromatic nitrogens is 3. The summed E-state index contributed by atoms with van der Waals surface area (Å²) >= 11 is 0. The molecule has 1 fully saturated rings. The Kier molecular flexibility index (Phi) is 6.43. The minimum absolute atomic E-state index is 0.000792. The van der Waals surface area contributed by atoms with Gasteiger partial charge < -0.3 is 15.4 Å². The van der Waals surface area contributed by atoms with Crippen molar-refractivity contribution < 1.29 is 14.3 Å². The van der Waals surface area contributed by atoms with Crippen LogP contribution in [0.3, 0.4) is 0 Å². The molecule has 0 aliphatic heterocycles. The molecule has 3 atom stereocenters. The smallest absolute Gasteiger partial charge is 0.407 e. The summed E-state index contributed by atoms with van der Waals surface area (Å²) in [5.74, 6) is 1.56. The molecule has 2 aliphatic carbocycles. The number of aryl methyl sites for hydroxylation is 1. The molecule has 0 radical (unpaired) electrons. The summed E-state index contributed by atoms with van der Waals surface area (Å²) in [6.07, 6.45) is 3.59. The van der Waals surface area contributed by atoms with Crippen molar-refractivity contribution in [3.8, 4) is 0 Å². The fourth-order valence-corrected chi connectivity index (χ4v) is 4.44. The quantitative estimate of drug-likeness (QED) is 0.691. The maximum Gasteiger partial charge on any atom is 0.407 e. The monoisotopic (exact) mass is 419 g/mol. The first kappa shape index (κ1) is 22.6. The Morgan fingerprint density at radius 1 is 1.17 bits per heavy atom. The molecule has 3 rings (SSSR count). The molecule has 0 saturated heterocycles. The van der Waals surface area contributed by atoms with Crippen molar-refractivity contribution in [1.82, 2.24) is 25.6 Å². The lowest BCUT2D eigenvalue weighted by molar-refractivity contribution is -0.122. The average Bonchev–Trinajstić information content (AvgIpc) is 3.15. The minimum Gasteiger partial charge on any atom is -0.449 e. The van der Waals surface area contributed by atoms with Crippen molar-refractivity contribution in [2.75, 3.05) is 13.2 Å². The van der Waals surface area contributed by atoms with Crippen molar-refractivity contribution in [2.45, 2.75) is 84.7 Å². The van der Waals surface area contributed by atoms with Gasteiger partial charge in [0.1, 0.15) is 0 Å². The van der Waals surface area contributed by atoms with Gasteiger partial charge in [0.15, 0.2) is 0 Å². The topological polar surface area (TPSA) is 98.1 Å². The Balaban J connectivity index is 1.38. The number of carbonyl (C=O) groups excluding carboxylic acids is 2. The van der Waals surface area contributed by atoms with E-state index in [9.17, 15) is 9.59 Å². The van der Waals surface area contributed by atoms with E-state index in [0.717, 1.165) is 25.0 Å². The van der Waals surface area contributed by atoms with Crippen LogP contribution in [0.4, 0.5) is 4.79 Å². The highest BCUT2D eigenvalue weighted by molar-refractivity contribution is 5.76. The molecule has 1 aromatic heterocycles. The third kappa shape index (κ3) is 5.73. The summed E-state index contributed by atoms with van der Waals surface area (Å²) in [6, 6.07) is 0. The highest BCUT2D eigenvalue weighted by Gasteiger charge is 2.52. The van der Waals surface area contributed by atoms with Gasteiger partial charge in [-0.1, -0.05) is 5.21 Å². The number of alkyl carbamates (subject to hydrolysis) is 1. The number of hydrogen-bond donors (Lipinski definition) is 2. The van der Waals surface area contributed by atoms with Gasteiger partial charge in [0.2, 0.25) is 5.91 Å². The van der Waals surface area contributed by atoms with E-state index >= 15 is 0 Å². The number of amides is 2. The molecule has 30 heavy (non-hydrogen) atoms. The fourth-order valence-electron chi connectivity index (χ4n) is 4.44. The molecule has 2 N–H and O–H groups in total. The maximum atomic E-state index is 12.0. The van der Waals surface area contributed by atoms with Crippen LogP contribution < -0.4 is 10.6 Å². The second kappa shape index (κ2) is 8.55. The summed E-state index contributed by atoms with van der Waals surface area (Å²) in [6.45, 7) is 13.2. The molecule has 8 nitrogen and oxygen atoms in total. The van der Waals surface area contributed by atoms with E-state index in [2.05, 4.69) is 46.4 Å². The highest BCUT2D eigenvalue weighted by Crippen LogP contribution is 2.53. The van der Waals surface area contributed by atoms with Crippen molar-refractivity contribution in [3.63, 3.8) is 0 Å². The second-order valence-electron chi connectivity index (χ2n) is 10.7. The standard InChI is InChI=1S/C22H37N5O3/c1-21(2,3)24-19(28)8-7-11-23-20(29)30-13-16-14-9-10-17-18(12-15(14)16)27(26-25-17)22(4,5)6/h14-16H,7-13H2,1-6H3,(H,23,29)(H,24,28)/t14-,15+,16-/m1/s1. The van der Waals surface area contributed by atoms with E-state index in [1.807, 2.05) is 20.8 Å². The molecule has 1 heterocycles. The van der Waals surface area contributed by atoms with Gasteiger partial charge >= 0.3 is 6.09 Å². The van der Waals surface area contributed by atoms with Gasteiger partial charge in [-0.3, -0.25) is 4.79 Å². The molecule has 2 aliphatic rings. The Bertz CT molecular complexity index is 775. The molecule has 0 bridgehead atoms. The lowest BCUT2D eigenvalue weighted by Gasteiger charge is -2.21. The lowest BCUT2D eigenvalue weighted by atomic mass is 10.1. The zero-order chi connectivity index (χ0) is 22.1. The summed E-state index contributed by atoms with van der Waals surface area (Å²) in [4.78, 5) is 23.8. The predicted octanol–water partition coefficient (Wildman–Crippen LogP) is 2.81. The van der Waals surface area contributed by atoms with Gasteiger partial charge in [-0.15, -0.1) is 5.10 Å². The Morgan fingerprint density at radius 2 is 1.90 bits per heavy atom. The van der Waals surface area contributed by atoms with Crippen molar-refractivity contribution in [3.05, 3.63) is 11.4 Å². The van der Waals surface area contributed by atoms with E-state index in [0.29, 0.717) is 43.7 Å². The van der Waals surface area contributed by atoms with Crippen molar-refractivity contribution in [2.24, 2.45) is 17.8 Å². The Hall–Kier alpha value is -2.12. The second-order valence-corrected chi connectivity index (χ2v) is 10.7. The molecule has 8 heteroatoms. The number of fused-ring (bicyclic) bond motifs is 2. The van der Waals surface area contributed by atoms with Gasteiger partial charge in [-0.2, -0.15) is 0 Å². The maximum absolute atomic E-state index is 12.0. The van der Waals surface area contributed by atoms with Crippen LogP contribution in [0.2, 0.25) is 0 Å². The molecule has 0 aromatic carbocycles. The number of rotatable bonds is 6. The van der Waals surface area contributed by atoms with Crippen LogP contribution in [0.1, 0.15) is 72.2 Å². The molecule has 0 unspecified atom stereocenters. The van der Waals surface area contributed by atoms with E-state index in [1.165, 1.54) is 5.69 Å². The predicted molar refractivity (Wildman–Crippen MR) is 114 cm³/mol. The lowest BCUT2D eigenvalue weighted by Crippen LogP contribution is -2.40. The van der Waals surface area contributed by atoms with Crippen molar-refractivity contribution >= 4 is 12.0 Å². The molecule has 1 saturated carbocycles. The fraction of sp³-hybridized carbons (Fsp3) is 0.818. The highest BCUT2D eigenvalue weighted by atomic mass is 16.5. The van der Waals surface area contributed by atoms with E-state index in [4.69, 9.17) is 4.74 Å². The zero-order valence-corrected chi connectivity index (χ0v) is 19.2. The number of hydrogen-bond acceptors (Lipinski definition) is 5. The van der Waals surface area contributed by atoms with Gasteiger partial charge in [0.05, 0.1) is 23.5 Å². The molecule has 0 spiro atoms. The summed E-state index contributed by atoms with van der Waals surface area (Å²) in [5, 5.41) is 14.4. The van der Waals surface area contributed by atoms with Crippen LogP contribution in [0.25, 0.3) is 0 Å². The van der Waals surface area contributed by atoms with Gasteiger partial charge in [0.25, 0.3) is 0 Å². The Morgan fingerprint density at radius 3 is 2.57 bits per heavy atom. The zero-order valence-electron chi connectivity index (χ0n) is 19.2. The van der Waals surface area contributed by atoms with E-state index < -0.39 is 6.09 Å². The van der Waals surface area contributed by atoms with Crippen LogP contribution >= 0.6 is 0 Å². The molecule has 1 aromatic rings. The van der Waals surface area contributed by atoms with Crippen LogP contribution in [0.5, 0.6) is 0 Å². The van der Waals surface area contributed by atoms with Crippen LogP contribution in [0.15, 0.2) is 0 Å². The van der Waals surface area contributed by atoms with Gasteiger partial charge in [-0.25, -0.2) is 9.48 Å². The largest absolute Gasteiger partial charge is 0.449 e. The molecule has 2 amide bonds. The first-order chi connectivity index (χ1) is 14.0. The molecular weight excluding hydrogens is 382 g/mol. The number of carbonyl (C=O) groups is 2. The molecular formula is C22H37N5O3. The number of nitrogens with one attached hydrogen (secondary N) is 2. The minimum atomic E-state index is -0.394. The van der Waals surface area contributed by atoms with Crippen LogP contribution in [0, 0.1) is 17.8 Å². The number of nitrogens with zero attached hydrogens (tertiary/aromatic N) is 3. The normalized spacial score (nSPS) is 23.1. The van der Waals surface area contributed by atoms with Gasteiger partial charge in [0, 0.05) is 18.5 Å². The summed E-state index contributed by atoms with van der Waals surface area (Å²) in [5.41, 5.74) is 2.07. The van der Waals surface area contributed by atoms with Crippen molar-refractivity contribution in [1.29, 1.82) is 0 Å². The van der Waals surface area contributed by atoms with Crippen LogP contribution in [-0.4, -0.2) is 45.7 Å². The summed E-state index contributed by atoms with van der Waals surface area (Å²) in [7, 11) is 0. The van der Waals surface area contributed by atoms with Gasteiger partial charge in [-0.05, 0) is 85.0 Å². The average molecular weight is 420 g/mol. The Labute approximate surface area is 179 Å². The first-order valence-electron chi connectivity index (χ1n) is 11.1. The van der Waals surface area contributed by atoms with Crippen LogP contribution in [-0.2, 0) is 27.9 Å². The van der Waals surface area contributed by atoms with E-state index in [-0.39, 0.29) is 17.0 Å². The summed E-state index contributed by atoms with van der Waals surface area (Å²) < 4.78 is 7.52. The SMILES string of the molecule is CC(C)(C)NC(=O)CCCNC(=O)OC[C@@H]1[C@@H]2CCc3nnn(C(C)(C)C)c3C[C@@H]21. The molecule has 168 valence electrons. The van der Waals surface area contributed by atoms with E-state index in [1.54, 1.807) is 0 Å². The third-order valence-electron chi connectivity index (χ3n) is 5.90. The third-order valence-corrected chi connectivity index (χ3v) is 5.90. The number of ether oxygens (including phenoxy) is 1. The first-order valence-corrected chi connectivity index (χ1v) is 11.1.